The van der Waals surface area contributed by atoms with Gasteiger partial charge in [0.1, 0.15) is 4.60 Å². The maximum absolute atomic E-state index is 12.0. The Morgan fingerprint density at radius 3 is 2.76 bits per heavy atom. The van der Waals surface area contributed by atoms with Crippen molar-refractivity contribution < 1.29 is 4.79 Å². The summed E-state index contributed by atoms with van der Waals surface area (Å²) < 4.78 is 0.772. The molecule has 0 saturated carbocycles. The first-order valence-corrected chi connectivity index (χ1v) is 6.89. The summed E-state index contributed by atoms with van der Waals surface area (Å²) in [6, 6.07) is 3.67. The zero-order valence-electron chi connectivity index (χ0n) is 10.4. The van der Waals surface area contributed by atoms with Crippen LogP contribution >= 0.6 is 15.9 Å². The van der Waals surface area contributed by atoms with E-state index in [2.05, 4.69) is 40.1 Å². The van der Waals surface area contributed by atoms with Crippen LogP contribution in [0.15, 0.2) is 22.9 Å². The molecule has 1 aromatic rings. The van der Waals surface area contributed by atoms with Crippen molar-refractivity contribution in [1.82, 2.24) is 4.98 Å². The smallest absolute Gasteiger partial charge is 0.227 e. The monoisotopic (exact) mass is 298 g/mol. The molecule has 1 aromatic heterocycles. The van der Waals surface area contributed by atoms with E-state index in [0.29, 0.717) is 0 Å². The van der Waals surface area contributed by atoms with Crippen LogP contribution in [-0.4, -0.2) is 10.9 Å². The summed E-state index contributed by atoms with van der Waals surface area (Å²) in [6.45, 7) is 4.20. The van der Waals surface area contributed by atoms with Crippen LogP contribution < -0.4 is 5.32 Å². The molecule has 17 heavy (non-hydrogen) atoms. The molecule has 94 valence electrons. The second-order valence-electron chi connectivity index (χ2n) is 4.11. The number of pyridine rings is 1. The normalized spacial score (nSPS) is 12.2. The lowest BCUT2D eigenvalue weighted by molar-refractivity contribution is -0.120. The highest BCUT2D eigenvalue weighted by atomic mass is 79.9. The van der Waals surface area contributed by atoms with Gasteiger partial charge in [0.05, 0.1) is 11.9 Å². The van der Waals surface area contributed by atoms with Gasteiger partial charge in [0.2, 0.25) is 5.91 Å². The predicted octanol–water partition coefficient (Wildman–Crippen LogP) is 4.00. The van der Waals surface area contributed by atoms with Gasteiger partial charge >= 0.3 is 0 Å². The van der Waals surface area contributed by atoms with Gasteiger partial charge < -0.3 is 5.32 Å². The summed E-state index contributed by atoms with van der Waals surface area (Å²) in [5.74, 6) is 0.212. The van der Waals surface area contributed by atoms with Crippen LogP contribution in [0.2, 0.25) is 0 Å². The highest BCUT2D eigenvalue weighted by molar-refractivity contribution is 9.10. The number of nitrogens with zero attached hydrogens (tertiary/aromatic N) is 1. The summed E-state index contributed by atoms with van der Waals surface area (Å²) in [4.78, 5) is 16.1. The van der Waals surface area contributed by atoms with E-state index in [1.54, 1.807) is 6.20 Å². The van der Waals surface area contributed by atoms with Gasteiger partial charge in [0.15, 0.2) is 0 Å². The standard InChI is InChI=1S/C13H19BrN2O/c1-3-5-6-10(4-2)13(17)16-11-7-8-12(14)15-9-11/h7-10H,3-6H2,1-2H3,(H,16,17). The lowest BCUT2D eigenvalue weighted by atomic mass is 9.98. The van der Waals surface area contributed by atoms with Crippen molar-refractivity contribution in [2.45, 2.75) is 39.5 Å². The lowest BCUT2D eigenvalue weighted by Crippen LogP contribution is -2.22. The Bertz CT molecular complexity index is 351. The zero-order chi connectivity index (χ0) is 12.7. The van der Waals surface area contributed by atoms with E-state index in [-0.39, 0.29) is 11.8 Å². The van der Waals surface area contributed by atoms with Crippen LogP contribution in [0.4, 0.5) is 5.69 Å². The summed E-state index contributed by atoms with van der Waals surface area (Å²) >= 11 is 3.26. The zero-order valence-corrected chi connectivity index (χ0v) is 12.0. The minimum absolute atomic E-state index is 0.102. The largest absolute Gasteiger partial charge is 0.324 e. The van der Waals surface area contributed by atoms with Gasteiger partial charge in [-0.25, -0.2) is 4.98 Å². The molecule has 0 radical (unpaired) electrons. The van der Waals surface area contributed by atoms with Crippen LogP contribution in [0.25, 0.3) is 0 Å². The van der Waals surface area contributed by atoms with Crippen LogP contribution in [0, 0.1) is 5.92 Å². The van der Waals surface area contributed by atoms with E-state index in [4.69, 9.17) is 0 Å². The minimum atomic E-state index is 0.102. The lowest BCUT2D eigenvalue weighted by Gasteiger charge is -2.14. The summed E-state index contributed by atoms with van der Waals surface area (Å²) in [6.07, 6.45) is 5.74. The molecule has 0 aliphatic carbocycles. The van der Waals surface area contributed by atoms with Gasteiger partial charge in [-0.15, -0.1) is 0 Å². The third-order valence-corrected chi connectivity index (χ3v) is 3.23. The van der Waals surface area contributed by atoms with Crippen molar-refractivity contribution in [3.8, 4) is 0 Å². The second-order valence-corrected chi connectivity index (χ2v) is 4.92. The van der Waals surface area contributed by atoms with Crippen LogP contribution in [0.3, 0.4) is 0 Å². The number of unbranched alkanes of at least 4 members (excludes halogenated alkanes) is 1. The molecule has 4 heteroatoms. The number of nitrogens with one attached hydrogen (secondary N) is 1. The highest BCUT2D eigenvalue weighted by Crippen LogP contribution is 2.16. The molecule has 0 aliphatic heterocycles. The Labute approximate surface area is 111 Å². The molecule has 1 rings (SSSR count). The molecule has 1 heterocycles. The Kier molecular flexibility index (Phi) is 6.19. The third-order valence-electron chi connectivity index (χ3n) is 2.76. The highest BCUT2D eigenvalue weighted by Gasteiger charge is 2.15. The van der Waals surface area contributed by atoms with E-state index >= 15 is 0 Å². The quantitative estimate of drug-likeness (QED) is 0.807. The molecule has 3 nitrogen and oxygen atoms in total. The third kappa shape index (κ3) is 4.86. The van der Waals surface area contributed by atoms with Crippen molar-refractivity contribution in [3.05, 3.63) is 22.9 Å². The average Bonchev–Trinajstić information content (AvgIpc) is 2.33. The van der Waals surface area contributed by atoms with Gasteiger partial charge in [0, 0.05) is 5.92 Å². The fourth-order valence-corrected chi connectivity index (χ4v) is 1.90. The van der Waals surface area contributed by atoms with E-state index in [0.717, 1.165) is 36.0 Å². The van der Waals surface area contributed by atoms with Crippen molar-refractivity contribution in [3.63, 3.8) is 0 Å². The second kappa shape index (κ2) is 7.43. The van der Waals surface area contributed by atoms with Crippen molar-refractivity contribution in [2.75, 3.05) is 5.32 Å². The number of aromatic nitrogens is 1. The fraction of sp³-hybridized carbons (Fsp3) is 0.538. The summed E-state index contributed by atoms with van der Waals surface area (Å²) in [7, 11) is 0. The fourth-order valence-electron chi connectivity index (χ4n) is 1.67. The first-order valence-electron chi connectivity index (χ1n) is 6.09. The molecule has 1 atom stereocenters. The summed E-state index contributed by atoms with van der Waals surface area (Å²) in [5, 5.41) is 2.91. The van der Waals surface area contributed by atoms with Crippen molar-refractivity contribution in [2.24, 2.45) is 5.92 Å². The van der Waals surface area contributed by atoms with Gasteiger partial charge in [-0.2, -0.15) is 0 Å². The molecule has 1 N–H and O–H groups in total. The number of carbonyl (C=O) groups excluding carboxylic acids is 1. The van der Waals surface area contributed by atoms with Crippen LogP contribution in [-0.2, 0) is 4.79 Å². The van der Waals surface area contributed by atoms with Gasteiger partial charge in [0.25, 0.3) is 0 Å². The van der Waals surface area contributed by atoms with E-state index in [1.807, 2.05) is 12.1 Å². The topological polar surface area (TPSA) is 42.0 Å². The predicted molar refractivity (Wildman–Crippen MR) is 73.9 cm³/mol. The van der Waals surface area contributed by atoms with E-state index in [1.165, 1.54) is 0 Å². The Balaban J connectivity index is 2.54. The maximum Gasteiger partial charge on any atom is 0.227 e. The SMILES string of the molecule is CCCCC(CC)C(=O)Nc1ccc(Br)nc1. The molecule has 0 spiro atoms. The van der Waals surface area contributed by atoms with Crippen LogP contribution in [0.5, 0.6) is 0 Å². The molecular formula is C13H19BrN2O. The van der Waals surface area contributed by atoms with Crippen molar-refractivity contribution >= 4 is 27.5 Å². The average molecular weight is 299 g/mol. The first kappa shape index (κ1) is 14.2. The Hall–Kier alpha value is -0.900. The van der Waals surface area contributed by atoms with Gasteiger partial charge in [-0.3, -0.25) is 4.79 Å². The number of anilines is 1. The minimum Gasteiger partial charge on any atom is -0.324 e. The first-order chi connectivity index (χ1) is 8.17. The molecule has 0 aromatic carbocycles. The number of hydrogen-bond acceptors (Lipinski definition) is 2. The Morgan fingerprint density at radius 2 is 2.24 bits per heavy atom. The molecule has 0 aliphatic rings. The van der Waals surface area contributed by atoms with Crippen molar-refractivity contribution in [1.29, 1.82) is 0 Å². The van der Waals surface area contributed by atoms with E-state index in [9.17, 15) is 4.79 Å². The van der Waals surface area contributed by atoms with Gasteiger partial charge in [-0.05, 0) is 40.9 Å². The Morgan fingerprint density at radius 1 is 1.47 bits per heavy atom. The molecular weight excluding hydrogens is 280 g/mol. The van der Waals surface area contributed by atoms with E-state index < -0.39 is 0 Å². The van der Waals surface area contributed by atoms with Gasteiger partial charge in [-0.1, -0.05) is 26.7 Å². The number of halogens is 1. The molecule has 0 bridgehead atoms. The maximum atomic E-state index is 12.0. The molecule has 1 amide bonds. The number of hydrogen-bond donors (Lipinski definition) is 1. The van der Waals surface area contributed by atoms with Crippen LogP contribution in [0.1, 0.15) is 39.5 Å². The summed E-state index contributed by atoms with van der Waals surface area (Å²) in [5.41, 5.74) is 0.758. The number of amides is 1. The molecule has 1 unspecified atom stereocenters. The number of carbonyl (C=O) groups is 1. The number of rotatable bonds is 6. The molecule has 0 saturated heterocycles. The molecule has 0 fully saturated rings.